The van der Waals surface area contributed by atoms with E-state index in [2.05, 4.69) is 29.8 Å². The lowest BCUT2D eigenvalue weighted by Gasteiger charge is -2.30. The van der Waals surface area contributed by atoms with Gasteiger partial charge < -0.3 is 16.0 Å². The number of nitrogens with one attached hydrogen (secondary N) is 3. The smallest absolute Gasteiger partial charge is 0.228 e. The summed E-state index contributed by atoms with van der Waals surface area (Å²) in [5.74, 6) is 2.42. The number of thioether (sulfide) groups is 2. The van der Waals surface area contributed by atoms with E-state index in [0.29, 0.717) is 19.6 Å². The van der Waals surface area contributed by atoms with Crippen molar-refractivity contribution in [2.24, 2.45) is 5.41 Å². The van der Waals surface area contributed by atoms with Crippen molar-refractivity contribution in [2.75, 3.05) is 37.7 Å². The van der Waals surface area contributed by atoms with Gasteiger partial charge in [0.15, 0.2) is 0 Å². The van der Waals surface area contributed by atoms with Crippen LogP contribution in [0.15, 0.2) is 0 Å². The van der Waals surface area contributed by atoms with Gasteiger partial charge in [0.1, 0.15) is 0 Å². The summed E-state index contributed by atoms with van der Waals surface area (Å²) >= 11 is 3.90. The van der Waals surface area contributed by atoms with Gasteiger partial charge in [0.05, 0.1) is 5.41 Å². The van der Waals surface area contributed by atoms with Crippen LogP contribution < -0.4 is 16.0 Å². The molecule has 0 aromatic heterocycles. The highest BCUT2D eigenvalue weighted by atomic mass is 32.2. The van der Waals surface area contributed by atoms with Crippen molar-refractivity contribution in [2.45, 2.75) is 61.9 Å². The van der Waals surface area contributed by atoms with Gasteiger partial charge >= 0.3 is 0 Å². The van der Waals surface area contributed by atoms with Crippen LogP contribution in [0.2, 0.25) is 0 Å². The molecule has 3 heterocycles. The zero-order chi connectivity index (χ0) is 18.7. The molecule has 0 aromatic carbocycles. The Kier molecular flexibility index (Phi) is 6.50. The minimum atomic E-state index is -0.590. The first-order valence-electron chi connectivity index (χ1n) is 9.89. The average Bonchev–Trinajstić information content (AvgIpc) is 3.34. The van der Waals surface area contributed by atoms with E-state index in [-0.39, 0.29) is 27.7 Å². The van der Waals surface area contributed by atoms with Gasteiger partial charge in [-0.3, -0.25) is 9.59 Å². The van der Waals surface area contributed by atoms with Crippen LogP contribution in [0.1, 0.15) is 52.4 Å². The molecule has 0 spiro atoms. The molecule has 3 rings (SSSR count). The summed E-state index contributed by atoms with van der Waals surface area (Å²) in [6.07, 6.45) is 5.78. The van der Waals surface area contributed by atoms with Crippen LogP contribution in [0.4, 0.5) is 0 Å². The topological polar surface area (TPSA) is 70.2 Å². The van der Waals surface area contributed by atoms with Crippen molar-refractivity contribution >= 4 is 35.3 Å². The summed E-state index contributed by atoms with van der Waals surface area (Å²) in [6, 6.07) is 0. The summed E-state index contributed by atoms with van der Waals surface area (Å²) < 4.78 is 0.312. The number of hydrogen-bond acceptors (Lipinski definition) is 5. The Balaban J connectivity index is 1.53. The number of rotatable bonds is 7. The third kappa shape index (κ3) is 4.90. The van der Waals surface area contributed by atoms with Gasteiger partial charge in [-0.05, 0) is 64.0 Å². The Labute approximate surface area is 166 Å². The number of hydrogen-bond donors (Lipinski definition) is 3. The molecule has 3 aliphatic rings. The molecule has 0 aromatic rings. The zero-order valence-electron chi connectivity index (χ0n) is 16.1. The molecular formula is C19H33N3O2S2. The van der Waals surface area contributed by atoms with Crippen LogP contribution in [-0.2, 0) is 9.59 Å². The van der Waals surface area contributed by atoms with Gasteiger partial charge in [0.25, 0.3) is 0 Å². The largest absolute Gasteiger partial charge is 0.355 e. The second-order valence-corrected chi connectivity index (χ2v) is 12.0. The summed E-state index contributed by atoms with van der Waals surface area (Å²) in [5.41, 5.74) is -0.590. The maximum Gasteiger partial charge on any atom is 0.228 e. The molecule has 5 nitrogen and oxygen atoms in total. The second kappa shape index (κ2) is 8.31. The van der Waals surface area contributed by atoms with E-state index in [0.717, 1.165) is 25.8 Å². The second-order valence-electron chi connectivity index (χ2n) is 8.65. The lowest BCUT2D eigenvalue weighted by molar-refractivity contribution is -0.135. The standard InChI is InChI=1S/C19H33N3O2S2/c1-17(5-3-9-25-17)12-21-15(23)11-19(7-8-20-14-19)16(24)22-13-18(2)6-4-10-26-18/h20H,3-14H2,1-2H3,(H,21,23)(H,22,24). The Morgan fingerprint density at radius 3 is 2.08 bits per heavy atom. The van der Waals surface area contributed by atoms with E-state index in [4.69, 9.17) is 0 Å². The first-order valence-corrected chi connectivity index (χ1v) is 11.9. The Bertz CT molecular complexity index is 523. The SMILES string of the molecule is CC1(CNC(=O)CC2(C(=O)NCC3(C)CCCS3)CCNC2)CCCS1. The fourth-order valence-electron chi connectivity index (χ4n) is 4.23. The summed E-state index contributed by atoms with van der Waals surface area (Å²) in [4.78, 5) is 25.6. The maximum atomic E-state index is 13.0. The van der Waals surface area contributed by atoms with Crippen LogP contribution in [0.5, 0.6) is 0 Å². The third-order valence-electron chi connectivity index (χ3n) is 6.11. The first-order chi connectivity index (χ1) is 12.4. The van der Waals surface area contributed by atoms with E-state index < -0.39 is 5.41 Å². The predicted octanol–water partition coefficient (Wildman–Crippen LogP) is 2.16. The minimum absolute atomic E-state index is 0.0130. The van der Waals surface area contributed by atoms with Gasteiger partial charge in [-0.25, -0.2) is 0 Å². The maximum absolute atomic E-state index is 13.0. The third-order valence-corrected chi connectivity index (χ3v) is 9.18. The summed E-state index contributed by atoms with van der Waals surface area (Å²) in [7, 11) is 0. The van der Waals surface area contributed by atoms with Crippen LogP contribution in [0.25, 0.3) is 0 Å². The number of amides is 2. The van der Waals surface area contributed by atoms with Crippen molar-refractivity contribution in [3.05, 3.63) is 0 Å². The molecule has 0 saturated carbocycles. The van der Waals surface area contributed by atoms with E-state index in [1.54, 1.807) is 0 Å². The van der Waals surface area contributed by atoms with Crippen molar-refractivity contribution in [1.29, 1.82) is 0 Å². The molecule has 26 heavy (non-hydrogen) atoms. The molecule has 3 atom stereocenters. The fraction of sp³-hybridized carbons (Fsp3) is 0.895. The quantitative estimate of drug-likeness (QED) is 0.612. The average molecular weight is 400 g/mol. The minimum Gasteiger partial charge on any atom is -0.355 e. The summed E-state index contributed by atoms with van der Waals surface area (Å²) in [6.45, 7) is 7.27. The van der Waals surface area contributed by atoms with Crippen LogP contribution in [-0.4, -0.2) is 59.0 Å². The molecule has 3 aliphatic heterocycles. The molecule has 3 saturated heterocycles. The van der Waals surface area contributed by atoms with Gasteiger partial charge in [-0.2, -0.15) is 23.5 Å². The number of carbonyl (C=O) groups is 2. The van der Waals surface area contributed by atoms with Crippen molar-refractivity contribution < 1.29 is 9.59 Å². The van der Waals surface area contributed by atoms with E-state index in [1.165, 1.54) is 24.3 Å². The van der Waals surface area contributed by atoms with Gasteiger partial charge in [0, 0.05) is 35.5 Å². The van der Waals surface area contributed by atoms with Crippen LogP contribution in [0.3, 0.4) is 0 Å². The van der Waals surface area contributed by atoms with Crippen LogP contribution in [0, 0.1) is 5.41 Å². The lowest BCUT2D eigenvalue weighted by atomic mass is 9.82. The van der Waals surface area contributed by atoms with Crippen molar-refractivity contribution in [1.82, 2.24) is 16.0 Å². The van der Waals surface area contributed by atoms with Crippen molar-refractivity contribution in [3.63, 3.8) is 0 Å². The van der Waals surface area contributed by atoms with Crippen LogP contribution >= 0.6 is 23.5 Å². The fourth-order valence-corrected chi connectivity index (χ4v) is 6.72. The van der Waals surface area contributed by atoms with E-state index in [1.807, 2.05) is 23.5 Å². The Morgan fingerprint density at radius 1 is 0.962 bits per heavy atom. The van der Waals surface area contributed by atoms with Gasteiger partial charge in [-0.1, -0.05) is 0 Å². The van der Waals surface area contributed by atoms with E-state index >= 15 is 0 Å². The Morgan fingerprint density at radius 2 is 1.58 bits per heavy atom. The monoisotopic (exact) mass is 399 g/mol. The van der Waals surface area contributed by atoms with Crippen molar-refractivity contribution in [3.8, 4) is 0 Å². The van der Waals surface area contributed by atoms with Gasteiger partial charge in [-0.15, -0.1) is 0 Å². The highest BCUT2D eigenvalue weighted by molar-refractivity contribution is 8.01. The summed E-state index contributed by atoms with van der Waals surface area (Å²) in [5, 5.41) is 9.57. The zero-order valence-corrected chi connectivity index (χ0v) is 17.8. The molecule has 0 bridgehead atoms. The molecular weight excluding hydrogens is 366 g/mol. The molecule has 0 aliphatic carbocycles. The molecule has 3 N–H and O–H groups in total. The highest BCUT2D eigenvalue weighted by Crippen LogP contribution is 2.38. The molecule has 148 valence electrons. The van der Waals surface area contributed by atoms with Gasteiger partial charge in [0.2, 0.25) is 11.8 Å². The lowest BCUT2D eigenvalue weighted by Crippen LogP contribution is -2.49. The molecule has 3 fully saturated rings. The predicted molar refractivity (Wildman–Crippen MR) is 111 cm³/mol. The normalized spacial score (nSPS) is 37.0. The molecule has 2 amide bonds. The molecule has 0 radical (unpaired) electrons. The highest BCUT2D eigenvalue weighted by Gasteiger charge is 2.44. The molecule has 7 heteroatoms. The Hall–Kier alpha value is -0.400. The molecule has 3 unspecified atom stereocenters. The van der Waals surface area contributed by atoms with E-state index in [9.17, 15) is 9.59 Å². The first kappa shape index (κ1) is 20.3. The number of carbonyl (C=O) groups excluding carboxylic acids is 2.